The zero-order chi connectivity index (χ0) is 17.7. The summed E-state index contributed by atoms with van der Waals surface area (Å²) in [5.74, 6) is -0.595. The fraction of sp³-hybridized carbons (Fsp3) is 0.235. The quantitative estimate of drug-likeness (QED) is 0.579. The van der Waals surface area contributed by atoms with Gasteiger partial charge in [0.1, 0.15) is 6.61 Å². The summed E-state index contributed by atoms with van der Waals surface area (Å²) in [5, 5.41) is 2.79. The van der Waals surface area contributed by atoms with Gasteiger partial charge in [-0.3, -0.25) is 9.69 Å². The van der Waals surface area contributed by atoms with Crippen LogP contribution in [0.3, 0.4) is 0 Å². The molecule has 0 aliphatic rings. The molecule has 0 aliphatic heterocycles. The number of hydrogen-bond donors (Lipinski definition) is 0. The van der Waals surface area contributed by atoms with Gasteiger partial charge in [0.25, 0.3) is 0 Å². The number of allylic oxidation sites excluding steroid dienone is 1. The third-order valence-electron chi connectivity index (χ3n) is 2.88. The van der Waals surface area contributed by atoms with Gasteiger partial charge < -0.3 is 4.74 Å². The Balaban J connectivity index is 2.16. The van der Waals surface area contributed by atoms with Crippen LogP contribution >= 0.6 is 22.9 Å². The van der Waals surface area contributed by atoms with Gasteiger partial charge in [0.2, 0.25) is 5.91 Å². The van der Waals surface area contributed by atoms with Crippen LogP contribution in [0.1, 0.15) is 26.5 Å². The Morgan fingerprint density at radius 2 is 2.08 bits per heavy atom. The Bertz CT molecular complexity index is 782. The van der Waals surface area contributed by atoms with Crippen molar-refractivity contribution in [3.63, 3.8) is 0 Å². The van der Waals surface area contributed by atoms with Crippen LogP contribution in [0.25, 0.3) is 0 Å². The van der Waals surface area contributed by atoms with Crippen molar-refractivity contribution in [3.05, 3.63) is 52.0 Å². The summed E-state index contributed by atoms with van der Waals surface area (Å²) in [6.07, 6.45) is 1.42. The molecule has 7 heteroatoms. The van der Waals surface area contributed by atoms with E-state index in [9.17, 15) is 9.59 Å². The first-order chi connectivity index (χ1) is 11.4. The molecule has 0 radical (unpaired) electrons. The minimum Gasteiger partial charge on any atom is -0.456 e. The third-order valence-corrected chi connectivity index (χ3v) is 3.99. The number of thiazole rings is 1. The lowest BCUT2D eigenvalue weighted by molar-refractivity contribution is -0.139. The number of carbonyl (C=O) groups excluding carboxylic acids is 2. The average Bonchev–Trinajstić information content (AvgIpc) is 2.93. The van der Waals surface area contributed by atoms with Crippen LogP contribution in [-0.2, 0) is 20.9 Å². The number of esters is 1. The number of benzene rings is 1. The summed E-state index contributed by atoms with van der Waals surface area (Å²) < 4.78 is 5.12. The Hall–Kier alpha value is -2.18. The topological polar surface area (TPSA) is 59.5 Å². The van der Waals surface area contributed by atoms with Gasteiger partial charge in [-0.05, 0) is 32.0 Å². The minimum atomic E-state index is -0.414. The number of amides is 1. The van der Waals surface area contributed by atoms with Crippen molar-refractivity contribution in [2.24, 2.45) is 0 Å². The van der Waals surface area contributed by atoms with Crippen molar-refractivity contribution in [3.8, 4) is 0 Å². The predicted octanol–water partition coefficient (Wildman–Crippen LogP) is 4.49. The lowest BCUT2D eigenvalue weighted by atomic mass is 10.3. The molecule has 0 saturated carbocycles. The van der Waals surface area contributed by atoms with E-state index in [-0.39, 0.29) is 12.5 Å². The molecule has 1 heterocycles. The standard InChI is InChI=1S/C17H17ClN2O3S/c1-11(2)7-16(22)23-9-14-10-24-17(19-14)20(12(3)21)15-6-4-5-13(18)8-15/h4-8,10H,9H2,1-3H3. The maximum atomic E-state index is 12.0. The molecule has 0 bridgehead atoms. The lowest BCUT2D eigenvalue weighted by Gasteiger charge is -2.18. The number of ether oxygens (including phenoxy) is 1. The summed E-state index contributed by atoms with van der Waals surface area (Å²) in [7, 11) is 0. The van der Waals surface area contributed by atoms with Crippen molar-refractivity contribution in [2.75, 3.05) is 4.90 Å². The number of hydrogen-bond acceptors (Lipinski definition) is 5. The molecule has 0 fully saturated rings. The largest absolute Gasteiger partial charge is 0.456 e. The van der Waals surface area contributed by atoms with Gasteiger partial charge in [-0.2, -0.15) is 0 Å². The van der Waals surface area contributed by atoms with E-state index in [1.165, 1.54) is 29.2 Å². The summed E-state index contributed by atoms with van der Waals surface area (Å²) >= 11 is 7.29. The van der Waals surface area contributed by atoms with Crippen molar-refractivity contribution in [2.45, 2.75) is 27.4 Å². The Morgan fingerprint density at radius 3 is 2.71 bits per heavy atom. The first-order valence-electron chi connectivity index (χ1n) is 7.19. The van der Waals surface area contributed by atoms with Gasteiger partial charge in [-0.15, -0.1) is 11.3 Å². The third kappa shape index (κ3) is 4.91. The van der Waals surface area contributed by atoms with Gasteiger partial charge in [0.05, 0.1) is 11.4 Å². The fourth-order valence-corrected chi connectivity index (χ4v) is 2.99. The molecule has 126 valence electrons. The highest BCUT2D eigenvalue weighted by Crippen LogP contribution is 2.30. The van der Waals surface area contributed by atoms with Gasteiger partial charge >= 0.3 is 5.97 Å². The number of carbonyl (C=O) groups is 2. The van der Waals surface area contributed by atoms with Gasteiger partial charge in [0, 0.05) is 23.4 Å². The summed E-state index contributed by atoms with van der Waals surface area (Å²) in [5.41, 5.74) is 2.08. The average molecular weight is 365 g/mol. The van der Waals surface area contributed by atoms with Gasteiger partial charge in [-0.1, -0.05) is 23.2 Å². The van der Waals surface area contributed by atoms with Crippen molar-refractivity contribution in [1.82, 2.24) is 4.98 Å². The van der Waals surface area contributed by atoms with Crippen molar-refractivity contribution >= 4 is 45.6 Å². The molecule has 0 atom stereocenters. The second-order valence-corrected chi connectivity index (χ2v) is 6.56. The monoisotopic (exact) mass is 364 g/mol. The highest BCUT2D eigenvalue weighted by Gasteiger charge is 2.18. The molecule has 24 heavy (non-hydrogen) atoms. The van der Waals surface area contributed by atoms with E-state index in [1.54, 1.807) is 29.6 Å². The molecule has 5 nitrogen and oxygen atoms in total. The van der Waals surface area contributed by atoms with E-state index in [0.717, 1.165) is 5.57 Å². The first kappa shape index (κ1) is 18.2. The van der Waals surface area contributed by atoms with Crippen LogP contribution in [-0.4, -0.2) is 16.9 Å². The first-order valence-corrected chi connectivity index (χ1v) is 8.45. The van der Waals surface area contributed by atoms with Crippen LogP contribution in [0.5, 0.6) is 0 Å². The molecule has 1 aromatic carbocycles. The second kappa shape index (κ2) is 8.08. The minimum absolute atomic E-state index is 0.0560. The molecule has 0 saturated heterocycles. The Kier molecular flexibility index (Phi) is 6.11. The van der Waals surface area contributed by atoms with E-state index in [4.69, 9.17) is 16.3 Å². The molecule has 2 aromatic rings. The summed E-state index contributed by atoms with van der Waals surface area (Å²) in [6.45, 7) is 5.15. The highest BCUT2D eigenvalue weighted by molar-refractivity contribution is 7.14. The second-order valence-electron chi connectivity index (χ2n) is 5.29. The zero-order valence-corrected chi connectivity index (χ0v) is 15.1. The maximum absolute atomic E-state index is 12.0. The van der Waals surface area contributed by atoms with Crippen LogP contribution in [0.2, 0.25) is 5.02 Å². The molecular weight excluding hydrogens is 348 g/mol. The number of nitrogens with zero attached hydrogens (tertiary/aromatic N) is 2. The molecule has 2 rings (SSSR count). The van der Waals surface area contributed by atoms with Crippen molar-refractivity contribution < 1.29 is 14.3 Å². The molecule has 0 aliphatic carbocycles. The smallest absolute Gasteiger partial charge is 0.331 e. The van der Waals surface area contributed by atoms with E-state index in [1.807, 2.05) is 13.8 Å². The molecular formula is C17H17ClN2O3S. The molecule has 0 unspecified atom stereocenters. The Morgan fingerprint density at radius 1 is 1.33 bits per heavy atom. The van der Waals surface area contributed by atoms with E-state index < -0.39 is 5.97 Å². The molecule has 1 amide bonds. The predicted molar refractivity (Wildman–Crippen MR) is 95.6 cm³/mol. The molecule has 1 aromatic heterocycles. The summed E-state index contributed by atoms with van der Waals surface area (Å²) in [4.78, 5) is 29.4. The number of rotatable bonds is 5. The maximum Gasteiger partial charge on any atom is 0.331 e. The van der Waals surface area contributed by atoms with E-state index in [2.05, 4.69) is 4.98 Å². The summed E-state index contributed by atoms with van der Waals surface area (Å²) in [6, 6.07) is 6.98. The lowest BCUT2D eigenvalue weighted by Crippen LogP contribution is -2.22. The van der Waals surface area contributed by atoms with Crippen LogP contribution in [0.15, 0.2) is 41.3 Å². The van der Waals surface area contributed by atoms with Gasteiger partial charge in [0.15, 0.2) is 5.13 Å². The fourth-order valence-electron chi connectivity index (χ4n) is 1.93. The number of anilines is 2. The molecule has 0 spiro atoms. The number of halogens is 1. The Labute approximate surface area is 149 Å². The van der Waals surface area contributed by atoms with Gasteiger partial charge in [-0.25, -0.2) is 9.78 Å². The SMILES string of the molecule is CC(=O)N(c1cccc(Cl)c1)c1nc(COC(=O)C=C(C)C)cs1. The highest BCUT2D eigenvalue weighted by atomic mass is 35.5. The van der Waals surface area contributed by atoms with E-state index in [0.29, 0.717) is 21.5 Å². The van der Waals surface area contributed by atoms with Crippen molar-refractivity contribution in [1.29, 1.82) is 0 Å². The molecule has 0 N–H and O–H groups in total. The number of aromatic nitrogens is 1. The van der Waals surface area contributed by atoms with Crippen LogP contribution in [0.4, 0.5) is 10.8 Å². The van der Waals surface area contributed by atoms with Crippen LogP contribution < -0.4 is 4.90 Å². The van der Waals surface area contributed by atoms with Crippen LogP contribution in [0, 0.1) is 0 Å². The normalized spacial score (nSPS) is 10.2. The van der Waals surface area contributed by atoms with E-state index >= 15 is 0 Å². The zero-order valence-electron chi connectivity index (χ0n) is 13.6.